The molecule has 0 aliphatic rings. The summed E-state index contributed by atoms with van der Waals surface area (Å²) in [6.07, 6.45) is 4.52. The highest BCUT2D eigenvalue weighted by molar-refractivity contribution is 6.39. The van der Waals surface area contributed by atoms with Crippen molar-refractivity contribution in [3.05, 3.63) is 40.6 Å². The fourth-order valence-corrected chi connectivity index (χ4v) is 2.85. The molecule has 1 aromatic carbocycles. The number of imidazole rings is 1. The van der Waals surface area contributed by atoms with Crippen LogP contribution in [0.1, 0.15) is 13.3 Å². The Balaban J connectivity index is 2.26. The van der Waals surface area contributed by atoms with Crippen molar-refractivity contribution in [1.82, 2.24) is 14.5 Å². The van der Waals surface area contributed by atoms with Crippen LogP contribution in [-0.2, 0) is 6.54 Å². The Morgan fingerprint density at radius 3 is 2.62 bits per heavy atom. The largest absolute Gasteiger partial charge is 0.396 e. The molecule has 2 N–H and O–H groups in total. The van der Waals surface area contributed by atoms with Crippen molar-refractivity contribution < 1.29 is 0 Å². The van der Waals surface area contributed by atoms with E-state index in [1.165, 1.54) is 0 Å². The van der Waals surface area contributed by atoms with E-state index >= 15 is 0 Å². The van der Waals surface area contributed by atoms with Crippen LogP contribution in [0.5, 0.6) is 0 Å². The van der Waals surface area contributed by atoms with E-state index in [0.717, 1.165) is 35.4 Å². The first-order valence-electron chi connectivity index (χ1n) is 6.67. The molecule has 0 aliphatic carbocycles. The highest BCUT2D eigenvalue weighted by atomic mass is 35.5. The average Bonchev–Trinajstić information content (AvgIpc) is 2.84. The summed E-state index contributed by atoms with van der Waals surface area (Å²) in [5.41, 5.74) is 8.94. The first-order valence-corrected chi connectivity index (χ1v) is 7.42. The van der Waals surface area contributed by atoms with Crippen LogP contribution in [0.15, 0.2) is 30.6 Å². The normalized spacial score (nSPS) is 11.2. The van der Waals surface area contributed by atoms with Gasteiger partial charge in [-0.05, 0) is 24.6 Å². The van der Waals surface area contributed by atoms with Crippen molar-refractivity contribution in [1.29, 1.82) is 0 Å². The van der Waals surface area contributed by atoms with Crippen LogP contribution in [0.3, 0.4) is 0 Å². The lowest BCUT2D eigenvalue weighted by molar-refractivity contribution is 0.704. The van der Waals surface area contributed by atoms with Gasteiger partial charge in [-0.15, -0.1) is 0 Å². The molecule has 0 saturated carbocycles. The van der Waals surface area contributed by atoms with Gasteiger partial charge in [0.2, 0.25) is 0 Å². The lowest BCUT2D eigenvalue weighted by Crippen LogP contribution is -2.00. The van der Waals surface area contributed by atoms with Gasteiger partial charge in [-0.3, -0.25) is 4.98 Å². The van der Waals surface area contributed by atoms with E-state index in [-0.39, 0.29) is 0 Å². The highest BCUT2D eigenvalue weighted by Gasteiger charge is 2.14. The SMILES string of the molecule is CCCn1c(-c2cc(Cl)c(N)c(Cl)c2)nc2cnccc21. The zero-order valence-electron chi connectivity index (χ0n) is 11.5. The first-order chi connectivity index (χ1) is 10.1. The summed E-state index contributed by atoms with van der Waals surface area (Å²) in [7, 11) is 0. The summed E-state index contributed by atoms with van der Waals surface area (Å²) in [6, 6.07) is 5.55. The van der Waals surface area contributed by atoms with Crippen LogP contribution in [0, 0.1) is 0 Å². The summed E-state index contributed by atoms with van der Waals surface area (Å²) in [6.45, 7) is 2.98. The molecule has 0 saturated heterocycles. The molecule has 0 fully saturated rings. The Morgan fingerprint density at radius 1 is 1.24 bits per heavy atom. The third-order valence-electron chi connectivity index (χ3n) is 3.34. The van der Waals surface area contributed by atoms with Gasteiger partial charge in [-0.2, -0.15) is 0 Å². The topological polar surface area (TPSA) is 56.7 Å². The van der Waals surface area contributed by atoms with Crippen molar-refractivity contribution in [2.24, 2.45) is 0 Å². The smallest absolute Gasteiger partial charge is 0.141 e. The van der Waals surface area contributed by atoms with Crippen LogP contribution in [0.25, 0.3) is 22.4 Å². The van der Waals surface area contributed by atoms with Gasteiger partial charge in [0, 0.05) is 18.3 Å². The van der Waals surface area contributed by atoms with Crippen molar-refractivity contribution in [3.63, 3.8) is 0 Å². The molecule has 0 bridgehead atoms. The molecule has 6 heteroatoms. The Hall–Kier alpha value is -1.78. The van der Waals surface area contributed by atoms with Crippen LogP contribution < -0.4 is 5.73 Å². The molecule has 2 heterocycles. The third-order valence-corrected chi connectivity index (χ3v) is 3.96. The monoisotopic (exact) mass is 320 g/mol. The van der Waals surface area contributed by atoms with Crippen molar-refractivity contribution in [2.45, 2.75) is 19.9 Å². The van der Waals surface area contributed by atoms with Gasteiger partial charge in [-0.25, -0.2) is 4.98 Å². The maximum Gasteiger partial charge on any atom is 0.141 e. The minimum atomic E-state index is 0.391. The number of nitrogen functional groups attached to an aromatic ring is 1. The van der Waals surface area contributed by atoms with Crippen LogP contribution in [-0.4, -0.2) is 14.5 Å². The third kappa shape index (κ3) is 2.45. The number of pyridine rings is 1. The summed E-state index contributed by atoms with van der Waals surface area (Å²) in [4.78, 5) is 8.78. The average molecular weight is 321 g/mol. The zero-order chi connectivity index (χ0) is 15.0. The number of nitrogens with two attached hydrogens (primary N) is 1. The van der Waals surface area contributed by atoms with E-state index in [2.05, 4.69) is 21.5 Å². The number of hydrogen-bond acceptors (Lipinski definition) is 3. The van der Waals surface area contributed by atoms with E-state index in [0.29, 0.717) is 15.7 Å². The minimum Gasteiger partial charge on any atom is -0.396 e. The second-order valence-corrected chi connectivity index (χ2v) is 5.62. The lowest BCUT2D eigenvalue weighted by atomic mass is 10.2. The number of benzene rings is 1. The van der Waals surface area contributed by atoms with Gasteiger partial charge >= 0.3 is 0 Å². The Labute approximate surface area is 132 Å². The fourth-order valence-electron chi connectivity index (χ4n) is 2.37. The van der Waals surface area contributed by atoms with E-state index in [4.69, 9.17) is 28.9 Å². The lowest BCUT2D eigenvalue weighted by Gasteiger charge is -2.10. The number of aromatic nitrogens is 3. The molecule has 0 unspecified atom stereocenters. The van der Waals surface area contributed by atoms with Crippen molar-refractivity contribution in [3.8, 4) is 11.4 Å². The molecule has 0 amide bonds. The summed E-state index contributed by atoms with van der Waals surface area (Å²) < 4.78 is 2.15. The first kappa shape index (κ1) is 14.2. The van der Waals surface area contributed by atoms with Gasteiger partial charge in [0.25, 0.3) is 0 Å². The number of halogens is 2. The summed E-state index contributed by atoms with van der Waals surface area (Å²) in [5.74, 6) is 0.823. The fraction of sp³-hybridized carbons (Fsp3) is 0.200. The van der Waals surface area contributed by atoms with E-state index in [9.17, 15) is 0 Å². The van der Waals surface area contributed by atoms with Crippen molar-refractivity contribution in [2.75, 3.05) is 5.73 Å². The molecule has 3 rings (SSSR count). The quantitative estimate of drug-likeness (QED) is 0.728. The molecular weight excluding hydrogens is 307 g/mol. The van der Waals surface area contributed by atoms with Gasteiger partial charge in [-0.1, -0.05) is 30.1 Å². The maximum absolute atomic E-state index is 6.14. The van der Waals surface area contributed by atoms with Crippen LogP contribution >= 0.6 is 23.2 Å². The molecule has 0 aliphatic heterocycles. The number of rotatable bonds is 3. The number of nitrogens with zero attached hydrogens (tertiary/aromatic N) is 3. The second-order valence-electron chi connectivity index (χ2n) is 4.81. The molecule has 108 valence electrons. The Morgan fingerprint density at radius 2 is 1.95 bits per heavy atom. The van der Waals surface area contributed by atoms with Gasteiger partial charge in [0.15, 0.2) is 0 Å². The highest BCUT2D eigenvalue weighted by Crippen LogP contribution is 2.34. The van der Waals surface area contributed by atoms with Gasteiger partial charge < -0.3 is 10.3 Å². The zero-order valence-corrected chi connectivity index (χ0v) is 13.0. The van der Waals surface area contributed by atoms with Crippen LogP contribution in [0.4, 0.5) is 5.69 Å². The summed E-state index contributed by atoms with van der Waals surface area (Å²) >= 11 is 12.3. The number of anilines is 1. The van der Waals surface area contributed by atoms with Crippen LogP contribution in [0.2, 0.25) is 10.0 Å². The molecule has 3 aromatic rings. The number of fused-ring (bicyclic) bond motifs is 1. The predicted octanol–water partition coefficient (Wildman–Crippen LogP) is 4.40. The van der Waals surface area contributed by atoms with Gasteiger partial charge in [0.1, 0.15) is 11.3 Å². The van der Waals surface area contributed by atoms with E-state index in [1.807, 2.05) is 6.07 Å². The molecule has 0 atom stereocenters. The molecule has 0 spiro atoms. The second kappa shape index (κ2) is 5.54. The molecule has 2 aromatic heterocycles. The number of aryl methyl sites for hydroxylation is 1. The Kier molecular flexibility index (Phi) is 3.74. The molecule has 4 nitrogen and oxygen atoms in total. The number of hydrogen-bond donors (Lipinski definition) is 1. The standard InChI is InChI=1S/C15H14Cl2N4/c1-2-5-21-13-3-4-19-8-12(13)20-15(21)9-6-10(16)14(18)11(17)7-9/h3-4,6-8H,2,5,18H2,1H3. The Bertz CT molecular complexity index is 788. The minimum absolute atomic E-state index is 0.391. The van der Waals surface area contributed by atoms with Crippen molar-refractivity contribution >= 4 is 39.9 Å². The molecular formula is C15H14Cl2N4. The molecule has 21 heavy (non-hydrogen) atoms. The molecule has 0 radical (unpaired) electrons. The predicted molar refractivity (Wildman–Crippen MR) is 87.7 cm³/mol. The maximum atomic E-state index is 6.14. The van der Waals surface area contributed by atoms with E-state index < -0.39 is 0 Å². The summed E-state index contributed by atoms with van der Waals surface area (Å²) in [5, 5.41) is 0.872. The van der Waals surface area contributed by atoms with E-state index in [1.54, 1.807) is 24.5 Å². The van der Waals surface area contributed by atoms with Gasteiger partial charge in [0.05, 0.1) is 27.4 Å².